The molecule has 1 atom stereocenters. The van der Waals surface area contributed by atoms with Crippen LogP contribution >= 0.6 is 0 Å². The lowest BCUT2D eigenvalue weighted by Crippen LogP contribution is -2.49. The van der Waals surface area contributed by atoms with E-state index < -0.39 is 0 Å². The van der Waals surface area contributed by atoms with Crippen LogP contribution in [-0.4, -0.2) is 56.9 Å². The van der Waals surface area contributed by atoms with Crippen LogP contribution in [0.3, 0.4) is 0 Å². The van der Waals surface area contributed by atoms with Crippen molar-refractivity contribution in [3.8, 4) is 0 Å². The number of nitrogens with zero attached hydrogens (tertiary/aromatic N) is 6. The van der Waals surface area contributed by atoms with Crippen LogP contribution in [-0.2, 0) is 4.79 Å². The van der Waals surface area contributed by atoms with Crippen LogP contribution in [0, 0.1) is 12.7 Å². The van der Waals surface area contributed by atoms with Gasteiger partial charge in [0, 0.05) is 55.3 Å². The Hall–Kier alpha value is -3.88. The highest BCUT2D eigenvalue weighted by Gasteiger charge is 2.25. The summed E-state index contributed by atoms with van der Waals surface area (Å²) >= 11 is 0. The van der Waals surface area contributed by atoms with Crippen molar-refractivity contribution in [2.45, 2.75) is 33.2 Å². The molecule has 1 fully saturated rings. The van der Waals surface area contributed by atoms with Crippen molar-refractivity contribution in [1.29, 1.82) is 0 Å². The minimum absolute atomic E-state index is 0.160. The fraction of sp³-hybridized carbons (Fsp3) is 0.346. The third-order valence-corrected chi connectivity index (χ3v) is 6.63. The number of carbonyl (C=O) groups excluding carboxylic acids is 1. The molecule has 4 aromatic rings. The van der Waals surface area contributed by atoms with Gasteiger partial charge in [0.25, 0.3) is 0 Å². The molecule has 0 aliphatic carbocycles. The van der Waals surface area contributed by atoms with Gasteiger partial charge in [0.2, 0.25) is 5.91 Å². The Morgan fingerprint density at radius 1 is 1.11 bits per heavy atom. The van der Waals surface area contributed by atoms with Crippen LogP contribution in [0.2, 0.25) is 0 Å². The molecule has 1 aliphatic rings. The summed E-state index contributed by atoms with van der Waals surface area (Å²) in [6.07, 6.45) is 3.74. The molecule has 0 bridgehead atoms. The highest BCUT2D eigenvalue weighted by Crippen LogP contribution is 2.33. The Morgan fingerprint density at radius 2 is 1.91 bits per heavy atom. The molecule has 0 spiro atoms. The molecule has 4 heterocycles. The Labute approximate surface area is 203 Å². The van der Waals surface area contributed by atoms with Crippen LogP contribution in [0.5, 0.6) is 0 Å². The molecule has 0 radical (unpaired) electrons. The maximum Gasteiger partial charge on any atom is 0.222 e. The third kappa shape index (κ3) is 4.34. The number of piperazine rings is 1. The van der Waals surface area contributed by atoms with Crippen molar-refractivity contribution in [3.63, 3.8) is 0 Å². The SMILES string of the molecule is CCC(=O)N1CCN(c2nc3c(C)c(F)ccc3cc2[C@H](C)Nc2ncnc3cccnc23)CC1. The Balaban J connectivity index is 1.54. The summed E-state index contributed by atoms with van der Waals surface area (Å²) in [5.41, 5.74) is 3.61. The molecule has 180 valence electrons. The summed E-state index contributed by atoms with van der Waals surface area (Å²) in [6.45, 7) is 8.29. The van der Waals surface area contributed by atoms with E-state index in [1.807, 2.05) is 24.0 Å². The molecule has 1 N–H and O–H groups in total. The van der Waals surface area contributed by atoms with Gasteiger partial charge in [0.1, 0.15) is 23.5 Å². The zero-order valence-electron chi connectivity index (χ0n) is 20.1. The number of fused-ring (bicyclic) bond motifs is 2. The van der Waals surface area contributed by atoms with Gasteiger partial charge in [0.05, 0.1) is 17.1 Å². The van der Waals surface area contributed by atoms with Crippen LogP contribution in [0.25, 0.3) is 21.9 Å². The average Bonchev–Trinajstić information content (AvgIpc) is 2.90. The van der Waals surface area contributed by atoms with Gasteiger partial charge in [-0.15, -0.1) is 0 Å². The number of rotatable bonds is 5. The molecule has 0 saturated carbocycles. The number of hydrogen-bond donors (Lipinski definition) is 1. The van der Waals surface area contributed by atoms with Gasteiger partial charge in [-0.05, 0) is 44.2 Å². The molecule has 1 aromatic carbocycles. The molecule has 1 aliphatic heterocycles. The van der Waals surface area contributed by atoms with Gasteiger partial charge in [-0.3, -0.25) is 9.78 Å². The Morgan fingerprint density at radius 3 is 2.69 bits per heavy atom. The zero-order chi connectivity index (χ0) is 24.5. The summed E-state index contributed by atoms with van der Waals surface area (Å²) < 4.78 is 14.4. The fourth-order valence-corrected chi connectivity index (χ4v) is 4.61. The number of pyridine rings is 2. The molecular weight excluding hydrogens is 445 g/mol. The van der Waals surface area contributed by atoms with E-state index in [4.69, 9.17) is 4.98 Å². The first-order valence-corrected chi connectivity index (χ1v) is 11.9. The first-order valence-electron chi connectivity index (χ1n) is 11.9. The van der Waals surface area contributed by atoms with Gasteiger partial charge in [-0.2, -0.15) is 0 Å². The van der Waals surface area contributed by atoms with E-state index in [0.29, 0.717) is 55.0 Å². The second kappa shape index (κ2) is 9.40. The number of hydrogen-bond acceptors (Lipinski definition) is 7. The largest absolute Gasteiger partial charge is 0.361 e. The van der Waals surface area contributed by atoms with Crippen LogP contribution in [0.1, 0.15) is 37.4 Å². The molecular formula is C26H28FN7O. The monoisotopic (exact) mass is 473 g/mol. The normalized spacial score (nSPS) is 15.0. The second-order valence-corrected chi connectivity index (χ2v) is 8.83. The molecule has 1 amide bonds. The molecule has 8 nitrogen and oxygen atoms in total. The minimum atomic E-state index is -0.272. The van der Waals surface area contributed by atoms with Crippen LogP contribution in [0.4, 0.5) is 16.0 Å². The van der Waals surface area contributed by atoms with E-state index in [1.54, 1.807) is 19.2 Å². The molecule has 5 rings (SSSR count). The fourth-order valence-electron chi connectivity index (χ4n) is 4.61. The van der Waals surface area contributed by atoms with E-state index in [2.05, 4.69) is 38.2 Å². The van der Waals surface area contributed by atoms with Gasteiger partial charge in [0.15, 0.2) is 5.82 Å². The standard InChI is InChI=1S/C26H28FN7O/c1-4-22(35)33-10-12-34(13-11-33)26-19(14-18-7-8-20(27)16(2)23(18)32-26)17(3)31-25-24-21(29-15-30-25)6-5-9-28-24/h5-9,14-15,17H,4,10-13H2,1-3H3,(H,29,30,31)/t17-/m0/s1. The van der Waals surface area contributed by atoms with Gasteiger partial charge in [-0.25, -0.2) is 19.3 Å². The van der Waals surface area contributed by atoms with E-state index in [-0.39, 0.29) is 17.8 Å². The van der Waals surface area contributed by atoms with Crippen molar-refractivity contribution >= 4 is 39.5 Å². The predicted octanol–water partition coefficient (Wildman–Crippen LogP) is 4.25. The van der Waals surface area contributed by atoms with Crippen LogP contribution in [0.15, 0.2) is 42.9 Å². The minimum Gasteiger partial charge on any atom is -0.361 e. The number of nitrogens with one attached hydrogen (secondary N) is 1. The summed E-state index contributed by atoms with van der Waals surface area (Å²) in [4.78, 5) is 34.4. The number of amides is 1. The average molecular weight is 474 g/mol. The van der Waals surface area contributed by atoms with Gasteiger partial charge >= 0.3 is 0 Å². The van der Waals surface area contributed by atoms with Crippen LogP contribution < -0.4 is 10.2 Å². The topological polar surface area (TPSA) is 87.1 Å². The molecule has 35 heavy (non-hydrogen) atoms. The van der Waals surface area contributed by atoms with Crippen molar-refractivity contribution in [3.05, 3.63) is 59.8 Å². The molecule has 1 saturated heterocycles. The molecule has 9 heteroatoms. The van der Waals surface area contributed by atoms with E-state index in [1.165, 1.54) is 12.4 Å². The summed E-state index contributed by atoms with van der Waals surface area (Å²) in [5.74, 6) is 1.32. The number of aryl methyl sites for hydroxylation is 1. The van der Waals surface area contributed by atoms with E-state index in [9.17, 15) is 9.18 Å². The second-order valence-electron chi connectivity index (χ2n) is 8.83. The molecule has 0 unspecified atom stereocenters. The predicted molar refractivity (Wildman–Crippen MR) is 135 cm³/mol. The van der Waals surface area contributed by atoms with Crippen molar-refractivity contribution in [1.82, 2.24) is 24.8 Å². The Bertz CT molecular complexity index is 1400. The lowest BCUT2D eigenvalue weighted by Gasteiger charge is -2.37. The zero-order valence-corrected chi connectivity index (χ0v) is 20.1. The van der Waals surface area contributed by atoms with Crippen molar-refractivity contribution in [2.24, 2.45) is 0 Å². The Kier molecular flexibility index (Phi) is 6.15. The van der Waals surface area contributed by atoms with Gasteiger partial charge in [-0.1, -0.05) is 6.92 Å². The lowest BCUT2D eigenvalue weighted by atomic mass is 10.0. The smallest absolute Gasteiger partial charge is 0.222 e. The number of benzene rings is 1. The maximum absolute atomic E-state index is 14.4. The third-order valence-electron chi connectivity index (χ3n) is 6.63. The highest BCUT2D eigenvalue weighted by molar-refractivity contribution is 5.87. The number of carbonyl (C=O) groups is 1. The first-order chi connectivity index (χ1) is 17.0. The summed E-state index contributed by atoms with van der Waals surface area (Å²) in [5, 5.41) is 4.37. The van der Waals surface area contributed by atoms with E-state index >= 15 is 0 Å². The van der Waals surface area contributed by atoms with Gasteiger partial charge < -0.3 is 15.1 Å². The number of anilines is 2. The maximum atomic E-state index is 14.4. The quantitative estimate of drug-likeness (QED) is 0.464. The lowest BCUT2D eigenvalue weighted by molar-refractivity contribution is -0.131. The van der Waals surface area contributed by atoms with E-state index in [0.717, 1.165) is 22.3 Å². The summed E-state index contributed by atoms with van der Waals surface area (Å²) in [6, 6.07) is 8.91. The number of aromatic nitrogens is 4. The molecule has 3 aromatic heterocycles. The number of halogens is 1. The van der Waals surface area contributed by atoms with Crippen molar-refractivity contribution in [2.75, 3.05) is 36.4 Å². The van der Waals surface area contributed by atoms with Crippen molar-refractivity contribution < 1.29 is 9.18 Å². The summed E-state index contributed by atoms with van der Waals surface area (Å²) in [7, 11) is 0. The highest BCUT2D eigenvalue weighted by atomic mass is 19.1. The first kappa shape index (κ1) is 22.9.